The maximum Gasteiger partial charge on any atom is 0.459 e. The molecule has 0 radical (unpaired) electrons. The van der Waals surface area contributed by atoms with E-state index >= 15 is 0 Å². The standard InChI is InChI=1S/C26H29N4O9P/c1-3-36-26(33)16(2)29-40(34,39-18-7-5-4-6-8-18)37-14-20-22(31)23(32)25(38-20)30-11-9-19-21(17-10-12-35-13-17)27-15-28-24(19)30/h4-13,15-16,20,22-23,25,31-32H,3,14H2,1-2H3,(H,29,34)/t16-,20+,22+,23+,25+,40?/m0/s1. The summed E-state index contributed by atoms with van der Waals surface area (Å²) in [6.45, 7) is 2.81. The van der Waals surface area contributed by atoms with Crippen molar-refractivity contribution < 1.29 is 42.5 Å². The molecule has 212 valence electrons. The molecule has 6 atom stereocenters. The monoisotopic (exact) mass is 572 g/mol. The number of carbonyl (C=O) groups is 1. The van der Waals surface area contributed by atoms with Gasteiger partial charge in [-0.05, 0) is 38.1 Å². The topological polar surface area (TPSA) is 167 Å². The van der Waals surface area contributed by atoms with Crippen LogP contribution >= 0.6 is 7.75 Å². The number of aliphatic hydroxyl groups is 2. The minimum absolute atomic E-state index is 0.138. The van der Waals surface area contributed by atoms with Gasteiger partial charge in [0.05, 0.1) is 31.4 Å². The van der Waals surface area contributed by atoms with Gasteiger partial charge in [0.15, 0.2) is 6.23 Å². The second-order valence-corrected chi connectivity index (χ2v) is 10.7. The first-order valence-electron chi connectivity index (χ1n) is 12.6. The number of hydrogen-bond acceptors (Lipinski definition) is 11. The maximum absolute atomic E-state index is 13.7. The SMILES string of the molecule is CCOC(=O)[C@H](C)NP(=O)(OC[C@H]1O[C@@H](n2ccc3c(-c4ccoc4)ncnc32)[C@H](O)[C@@H]1O)Oc1ccccc1. The summed E-state index contributed by atoms with van der Waals surface area (Å²) in [4.78, 5) is 20.8. The van der Waals surface area contributed by atoms with Crippen LogP contribution in [0.1, 0.15) is 20.1 Å². The van der Waals surface area contributed by atoms with Gasteiger partial charge in [-0.25, -0.2) is 14.5 Å². The lowest BCUT2D eigenvalue weighted by Crippen LogP contribution is -2.37. The number of nitrogens with zero attached hydrogens (tertiary/aromatic N) is 3. The molecule has 0 aliphatic carbocycles. The zero-order valence-corrected chi connectivity index (χ0v) is 22.6. The fourth-order valence-electron chi connectivity index (χ4n) is 4.34. The molecule has 13 nitrogen and oxygen atoms in total. The van der Waals surface area contributed by atoms with E-state index in [2.05, 4.69) is 15.1 Å². The molecular weight excluding hydrogens is 543 g/mol. The van der Waals surface area contributed by atoms with E-state index in [4.69, 9.17) is 22.9 Å². The summed E-state index contributed by atoms with van der Waals surface area (Å²) in [6, 6.07) is 10.8. The highest BCUT2D eigenvalue weighted by Crippen LogP contribution is 2.46. The van der Waals surface area contributed by atoms with Crippen molar-refractivity contribution in [3.8, 4) is 17.0 Å². The van der Waals surface area contributed by atoms with Crippen molar-refractivity contribution in [3.63, 3.8) is 0 Å². The molecule has 1 fully saturated rings. The van der Waals surface area contributed by atoms with E-state index in [1.807, 2.05) is 0 Å². The zero-order valence-electron chi connectivity index (χ0n) is 21.7. The Balaban J connectivity index is 1.34. The third kappa shape index (κ3) is 5.80. The molecule has 5 rings (SSSR count). The first-order valence-corrected chi connectivity index (χ1v) is 14.1. The molecule has 4 aromatic rings. The molecule has 4 heterocycles. The number of rotatable bonds is 11. The van der Waals surface area contributed by atoms with Gasteiger partial charge in [-0.3, -0.25) is 9.32 Å². The van der Waals surface area contributed by atoms with Crippen LogP contribution in [-0.4, -0.2) is 68.3 Å². The Bertz CT molecular complexity index is 1480. The van der Waals surface area contributed by atoms with Crippen molar-refractivity contribution in [1.29, 1.82) is 0 Å². The smallest absolute Gasteiger partial charge is 0.459 e. The molecule has 1 saturated heterocycles. The molecule has 40 heavy (non-hydrogen) atoms. The van der Waals surface area contributed by atoms with Gasteiger partial charge in [-0.1, -0.05) is 18.2 Å². The van der Waals surface area contributed by atoms with Gasteiger partial charge >= 0.3 is 13.7 Å². The molecule has 1 aliphatic heterocycles. The number of carbonyl (C=O) groups excluding carboxylic acids is 1. The van der Waals surface area contributed by atoms with Crippen molar-refractivity contribution in [1.82, 2.24) is 19.6 Å². The highest BCUT2D eigenvalue weighted by molar-refractivity contribution is 7.52. The van der Waals surface area contributed by atoms with Crippen molar-refractivity contribution in [3.05, 3.63) is 67.5 Å². The van der Waals surface area contributed by atoms with Crippen LogP contribution in [0.5, 0.6) is 5.75 Å². The average Bonchev–Trinajstić information content (AvgIpc) is 3.69. The fraction of sp³-hybridized carbons (Fsp3) is 0.346. The second-order valence-electron chi connectivity index (χ2n) is 9.04. The molecule has 3 N–H and O–H groups in total. The van der Waals surface area contributed by atoms with E-state index in [0.29, 0.717) is 16.7 Å². The minimum atomic E-state index is -4.19. The van der Waals surface area contributed by atoms with Gasteiger partial charge in [0.1, 0.15) is 42.1 Å². The number of fused-ring (bicyclic) bond motifs is 1. The van der Waals surface area contributed by atoms with Crippen LogP contribution in [0.3, 0.4) is 0 Å². The average molecular weight is 573 g/mol. The number of aromatic nitrogens is 3. The summed E-state index contributed by atoms with van der Waals surface area (Å²) in [6.07, 6.45) is 1.25. The first kappa shape index (κ1) is 28.0. The number of hydrogen-bond donors (Lipinski definition) is 3. The lowest BCUT2D eigenvalue weighted by atomic mass is 10.1. The number of esters is 1. The molecule has 0 bridgehead atoms. The lowest BCUT2D eigenvalue weighted by molar-refractivity contribution is -0.144. The Morgan fingerprint density at radius 2 is 1.98 bits per heavy atom. The van der Waals surface area contributed by atoms with Crippen LogP contribution in [0.4, 0.5) is 0 Å². The van der Waals surface area contributed by atoms with Gasteiger partial charge in [0, 0.05) is 17.1 Å². The number of ether oxygens (including phenoxy) is 2. The molecule has 0 saturated carbocycles. The molecule has 1 aromatic carbocycles. The molecule has 0 amide bonds. The Labute approximate surface area is 229 Å². The number of benzene rings is 1. The molecule has 1 unspecified atom stereocenters. The number of nitrogens with one attached hydrogen (secondary N) is 1. The first-order chi connectivity index (χ1) is 19.3. The quantitative estimate of drug-likeness (QED) is 0.178. The number of furan rings is 1. The third-order valence-corrected chi connectivity index (χ3v) is 7.93. The summed E-state index contributed by atoms with van der Waals surface area (Å²) in [5, 5.41) is 24.9. The van der Waals surface area contributed by atoms with E-state index in [9.17, 15) is 19.6 Å². The van der Waals surface area contributed by atoms with E-state index in [-0.39, 0.29) is 12.4 Å². The van der Waals surface area contributed by atoms with Crippen LogP contribution in [0.2, 0.25) is 0 Å². The van der Waals surface area contributed by atoms with E-state index < -0.39 is 50.9 Å². The van der Waals surface area contributed by atoms with Gasteiger partial charge < -0.3 is 33.2 Å². The Morgan fingerprint density at radius 3 is 2.70 bits per heavy atom. The van der Waals surface area contributed by atoms with Crippen molar-refractivity contribution in [2.45, 2.75) is 44.4 Å². The van der Waals surface area contributed by atoms with E-state index in [1.54, 1.807) is 66.4 Å². The molecule has 1 aliphatic rings. The lowest BCUT2D eigenvalue weighted by Gasteiger charge is -2.24. The molecule has 14 heteroatoms. The van der Waals surface area contributed by atoms with Crippen LogP contribution in [-0.2, 0) is 23.4 Å². The minimum Gasteiger partial charge on any atom is -0.472 e. The summed E-state index contributed by atoms with van der Waals surface area (Å²) in [5.74, 6) is -0.418. The maximum atomic E-state index is 13.7. The van der Waals surface area contributed by atoms with Crippen LogP contribution in [0.15, 0.2) is 71.9 Å². The van der Waals surface area contributed by atoms with Gasteiger partial charge in [0.2, 0.25) is 0 Å². The second kappa shape index (κ2) is 11.9. The Kier molecular flexibility index (Phi) is 8.31. The number of aliphatic hydroxyl groups excluding tert-OH is 2. The predicted molar refractivity (Wildman–Crippen MR) is 141 cm³/mol. The van der Waals surface area contributed by atoms with Crippen LogP contribution in [0, 0.1) is 0 Å². The highest BCUT2D eigenvalue weighted by Gasteiger charge is 2.46. The van der Waals surface area contributed by atoms with Crippen LogP contribution in [0.25, 0.3) is 22.3 Å². The Morgan fingerprint density at radius 1 is 1.18 bits per heavy atom. The molecular formula is C26H29N4O9P. The summed E-state index contributed by atoms with van der Waals surface area (Å²) in [7, 11) is -4.19. The van der Waals surface area contributed by atoms with Crippen molar-refractivity contribution in [2.24, 2.45) is 0 Å². The Hall–Kier alpha value is -3.58. The zero-order chi connectivity index (χ0) is 28.3. The van der Waals surface area contributed by atoms with E-state index in [1.165, 1.54) is 19.5 Å². The third-order valence-electron chi connectivity index (χ3n) is 6.28. The summed E-state index contributed by atoms with van der Waals surface area (Å²) >= 11 is 0. The van der Waals surface area contributed by atoms with Gasteiger partial charge in [-0.2, -0.15) is 5.09 Å². The fourth-order valence-corrected chi connectivity index (χ4v) is 5.84. The predicted octanol–water partition coefficient (Wildman–Crippen LogP) is 3.06. The van der Waals surface area contributed by atoms with Crippen molar-refractivity contribution >= 4 is 24.7 Å². The van der Waals surface area contributed by atoms with Crippen molar-refractivity contribution in [2.75, 3.05) is 13.2 Å². The van der Waals surface area contributed by atoms with E-state index in [0.717, 1.165) is 5.56 Å². The largest absolute Gasteiger partial charge is 0.472 e. The molecule has 0 spiro atoms. The van der Waals surface area contributed by atoms with Gasteiger partial charge in [0.25, 0.3) is 0 Å². The summed E-state index contributed by atoms with van der Waals surface area (Å²) < 4.78 is 42.6. The van der Waals surface area contributed by atoms with Gasteiger partial charge in [-0.15, -0.1) is 0 Å². The molecule has 3 aromatic heterocycles. The summed E-state index contributed by atoms with van der Waals surface area (Å²) in [5.41, 5.74) is 1.85. The number of para-hydroxylation sites is 1. The highest BCUT2D eigenvalue weighted by atomic mass is 31.2. The normalized spacial score (nSPS) is 23.1. The van der Waals surface area contributed by atoms with Crippen LogP contribution < -0.4 is 9.61 Å².